The number of nitrogens with one attached hydrogen (secondary N) is 1. The maximum absolute atomic E-state index is 11.9. The van der Waals surface area contributed by atoms with Crippen molar-refractivity contribution >= 4 is 11.9 Å². The number of carbonyl (C=O) groups excluding carboxylic acids is 2. The smallest absolute Gasteiger partial charge is 0.305 e. The summed E-state index contributed by atoms with van der Waals surface area (Å²) in [6.07, 6.45) is 21.0. The van der Waals surface area contributed by atoms with Gasteiger partial charge < -0.3 is 10.1 Å². The zero-order valence-corrected chi connectivity index (χ0v) is 19.8. The van der Waals surface area contributed by atoms with Crippen LogP contribution in [0.1, 0.15) is 120 Å². The van der Waals surface area contributed by atoms with E-state index >= 15 is 0 Å². The molecule has 4 nitrogen and oxygen atoms in total. The van der Waals surface area contributed by atoms with Crippen LogP contribution in [-0.2, 0) is 9.53 Å². The van der Waals surface area contributed by atoms with Gasteiger partial charge in [-0.15, -0.1) is 0 Å². The molecular weight excluding hydrogens is 386 g/mol. The number of amides is 1. The van der Waals surface area contributed by atoms with Gasteiger partial charge in [-0.1, -0.05) is 108 Å². The fraction of sp³-hybridized carbons (Fsp3) is 0.704. The Kier molecular flexibility index (Phi) is 17.6. The van der Waals surface area contributed by atoms with Crippen molar-refractivity contribution in [1.29, 1.82) is 0 Å². The van der Waals surface area contributed by atoms with Crippen LogP contribution in [0.3, 0.4) is 0 Å². The van der Waals surface area contributed by atoms with Gasteiger partial charge in [-0.05, 0) is 25.0 Å². The molecule has 0 radical (unpaired) electrons. The summed E-state index contributed by atoms with van der Waals surface area (Å²) in [4.78, 5) is 22.9. The third kappa shape index (κ3) is 16.5. The van der Waals surface area contributed by atoms with Crippen molar-refractivity contribution in [3.8, 4) is 0 Å². The van der Waals surface area contributed by atoms with E-state index < -0.39 is 0 Å². The van der Waals surface area contributed by atoms with Crippen molar-refractivity contribution in [3.05, 3.63) is 35.9 Å². The molecule has 0 aliphatic heterocycles. The molecule has 0 heterocycles. The van der Waals surface area contributed by atoms with Gasteiger partial charge in [-0.2, -0.15) is 0 Å². The fourth-order valence-corrected chi connectivity index (χ4v) is 3.86. The molecule has 0 unspecified atom stereocenters. The topological polar surface area (TPSA) is 55.4 Å². The minimum absolute atomic E-state index is 0.0382. The largest absolute Gasteiger partial charge is 0.469 e. The van der Waals surface area contributed by atoms with Gasteiger partial charge >= 0.3 is 5.97 Å². The lowest BCUT2D eigenvalue weighted by Crippen LogP contribution is -2.24. The molecule has 4 heteroatoms. The van der Waals surface area contributed by atoms with Gasteiger partial charge in [0.05, 0.1) is 7.11 Å². The monoisotopic (exact) mass is 431 g/mol. The van der Waals surface area contributed by atoms with Crippen molar-refractivity contribution in [2.45, 2.75) is 109 Å². The zero-order chi connectivity index (χ0) is 22.4. The van der Waals surface area contributed by atoms with E-state index in [9.17, 15) is 9.59 Å². The first kappa shape index (κ1) is 27.2. The molecular formula is C27H45NO3. The van der Waals surface area contributed by atoms with Gasteiger partial charge in [-0.25, -0.2) is 0 Å². The Labute approximate surface area is 190 Å². The Hall–Kier alpha value is -1.84. The summed E-state index contributed by atoms with van der Waals surface area (Å²) in [6.45, 7) is 0.779. The molecule has 1 aromatic rings. The molecule has 0 spiro atoms. The summed E-state index contributed by atoms with van der Waals surface area (Å²) in [5.41, 5.74) is 0.745. The van der Waals surface area contributed by atoms with Crippen LogP contribution in [0.15, 0.2) is 30.3 Å². The SMILES string of the molecule is COC(=O)CCCCCCCCCCCCCCCCCCNC(=O)c1ccccc1. The highest BCUT2D eigenvalue weighted by Gasteiger charge is 2.02. The first-order chi connectivity index (χ1) is 15.2. The maximum Gasteiger partial charge on any atom is 0.305 e. The second-order valence-electron chi connectivity index (χ2n) is 8.60. The highest BCUT2D eigenvalue weighted by molar-refractivity contribution is 5.94. The van der Waals surface area contributed by atoms with Crippen LogP contribution in [0.5, 0.6) is 0 Å². The first-order valence-electron chi connectivity index (χ1n) is 12.6. The molecule has 0 aliphatic rings. The molecule has 0 fully saturated rings. The van der Waals surface area contributed by atoms with E-state index in [1.165, 1.54) is 90.6 Å². The number of hydrogen-bond donors (Lipinski definition) is 1. The van der Waals surface area contributed by atoms with Crippen molar-refractivity contribution in [1.82, 2.24) is 5.32 Å². The van der Waals surface area contributed by atoms with E-state index in [1.54, 1.807) is 0 Å². The Morgan fingerprint density at radius 2 is 1.06 bits per heavy atom. The standard InChI is InChI=1S/C27H45NO3/c1-31-26(29)23-19-14-12-10-8-6-4-2-3-5-7-9-11-13-15-20-24-28-27(30)25-21-17-16-18-22-25/h16-18,21-22H,2-15,19-20,23-24H2,1H3,(H,28,30). The summed E-state index contributed by atoms with van der Waals surface area (Å²) in [5, 5.41) is 3.00. The van der Waals surface area contributed by atoms with Crippen molar-refractivity contribution in [3.63, 3.8) is 0 Å². The van der Waals surface area contributed by atoms with Crippen molar-refractivity contribution in [2.75, 3.05) is 13.7 Å². The lowest BCUT2D eigenvalue weighted by molar-refractivity contribution is -0.140. The van der Waals surface area contributed by atoms with Crippen LogP contribution >= 0.6 is 0 Å². The quantitative estimate of drug-likeness (QED) is 0.175. The minimum atomic E-state index is -0.0791. The molecule has 31 heavy (non-hydrogen) atoms. The Bertz CT molecular complexity index is 559. The highest BCUT2D eigenvalue weighted by Crippen LogP contribution is 2.14. The maximum atomic E-state index is 11.9. The summed E-state index contributed by atoms with van der Waals surface area (Å²) < 4.78 is 4.65. The van der Waals surface area contributed by atoms with Gasteiger partial charge in [0.2, 0.25) is 0 Å². The van der Waals surface area contributed by atoms with E-state index in [2.05, 4.69) is 10.1 Å². The van der Waals surface area contributed by atoms with Gasteiger partial charge in [0.25, 0.3) is 5.91 Å². The summed E-state index contributed by atoms with van der Waals surface area (Å²) in [5.74, 6) is -0.0410. The van der Waals surface area contributed by atoms with Crippen molar-refractivity contribution in [2.24, 2.45) is 0 Å². The minimum Gasteiger partial charge on any atom is -0.469 e. The summed E-state index contributed by atoms with van der Waals surface area (Å²) >= 11 is 0. The number of unbranched alkanes of at least 4 members (excludes halogenated alkanes) is 15. The van der Waals surface area contributed by atoms with Crippen LogP contribution in [0, 0.1) is 0 Å². The Balaban J connectivity index is 1.73. The Morgan fingerprint density at radius 3 is 1.52 bits per heavy atom. The van der Waals surface area contributed by atoms with Crippen LogP contribution in [0.25, 0.3) is 0 Å². The van der Waals surface area contributed by atoms with Gasteiger partial charge in [0.1, 0.15) is 0 Å². The number of benzene rings is 1. The van der Waals surface area contributed by atoms with E-state index in [0.29, 0.717) is 6.42 Å². The number of methoxy groups -OCH3 is 1. The average Bonchev–Trinajstić information content (AvgIpc) is 2.80. The van der Waals surface area contributed by atoms with E-state index in [1.807, 2.05) is 30.3 Å². The summed E-state index contributed by atoms with van der Waals surface area (Å²) in [6, 6.07) is 9.43. The van der Waals surface area contributed by atoms with Crippen LogP contribution in [0.2, 0.25) is 0 Å². The molecule has 0 saturated carbocycles. The molecule has 0 aliphatic carbocycles. The van der Waals surface area contributed by atoms with E-state index in [-0.39, 0.29) is 11.9 Å². The molecule has 0 atom stereocenters. The van der Waals surface area contributed by atoms with Gasteiger partial charge in [0, 0.05) is 18.5 Å². The lowest BCUT2D eigenvalue weighted by atomic mass is 10.0. The fourth-order valence-electron chi connectivity index (χ4n) is 3.86. The molecule has 1 aromatic carbocycles. The van der Waals surface area contributed by atoms with Crippen LogP contribution in [0.4, 0.5) is 0 Å². The predicted octanol–water partition coefficient (Wildman–Crippen LogP) is 7.22. The molecule has 0 aromatic heterocycles. The molecule has 1 N–H and O–H groups in total. The van der Waals surface area contributed by atoms with Crippen LogP contribution in [-0.4, -0.2) is 25.5 Å². The second kappa shape index (κ2) is 20.1. The molecule has 176 valence electrons. The van der Waals surface area contributed by atoms with Crippen LogP contribution < -0.4 is 5.32 Å². The number of hydrogen-bond acceptors (Lipinski definition) is 3. The first-order valence-corrected chi connectivity index (χ1v) is 12.6. The normalized spacial score (nSPS) is 10.7. The Morgan fingerprint density at radius 1 is 0.645 bits per heavy atom. The van der Waals surface area contributed by atoms with Gasteiger partial charge in [0.15, 0.2) is 0 Å². The summed E-state index contributed by atoms with van der Waals surface area (Å²) in [7, 11) is 1.46. The predicted molar refractivity (Wildman–Crippen MR) is 129 cm³/mol. The lowest BCUT2D eigenvalue weighted by Gasteiger charge is -2.05. The highest BCUT2D eigenvalue weighted by atomic mass is 16.5. The number of esters is 1. The zero-order valence-electron chi connectivity index (χ0n) is 19.8. The number of carbonyl (C=O) groups is 2. The molecule has 0 saturated heterocycles. The van der Waals surface area contributed by atoms with E-state index in [0.717, 1.165) is 31.4 Å². The van der Waals surface area contributed by atoms with Crippen molar-refractivity contribution < 1.29 is 14.3 Å². The second-order valence-corrected chi connectivity index (χ2v) is 8.60. The third-order valence-corrected chi connectivity index (χ3v) is 5.86. The molecule has 1 rings (SSSR count). The molecule has 0 bridgehead atoms. The number of ether oxygens (including phenoxy) is 1. The average molecular weight is 432 g/mol. The third-order valence-electron chi connectivity index (χ3n) is 5.86. The van der Waals surface area contributed by atoms with E-state index in [4.69, 9.17) is 0 Å². The van der Waals surface area contributed by atoms with Gasteiger partial charge in [-0.3, -0.25) is 9.59 Å². The number of rotatable bonds is 20. The molecule has 1 amide bonds.